The van der Waals surface area contributed by atoms with E-state index in [1.165, 1.54) is 138 Å². The van der Waals surface area contributed by atoms with Gasteiger partial charge >= 0.3 is 77.0 Å². The molecule has 4 rings (SSSR count). The predicted molar refractivity (Wildman–Crippen MR) is 304 cm³/mol. The number of allylic oxidation sites excluding steroid dienone is 1. The van der Waals surface area contributed by atoms with Gasteiger partial charge in [0.25, 0.3) is 0 Å². The van der Waals surface area contributed by atoms with Gasteiger partial charge in [-0.25, -0.2) is 31.2 Å². The van der Waals surface area contributed by atoms with Crippen molar-refractivity contribution >= 4 is 44.6 Å². The summed E-state index contributed by atoms with van der Waals surface area (Å²) in [5.41, 5.74) is 0.0687. The second kappa shape index (κ2) is 44.4. The molecule has 1 saturated heterocycles. The molecule has 1 amide bonds. The number of rotatable bonds is 43. The van der Waals surface area contributed by atoms with E-state index in [2.05, 4.69) is 23.3 Å². The van der Waals surface area contributed by atoms with Gasteiger partial charge in [-0.05, 0) is 61.7 Å². The van der Waals surface area contributed by atoms with Gasteiger partial charge in [0.05, 0.1) is 35.9 Å². The van der Waals surface area contributed by atoms with Gasteiger partial charge in [0, 0.05) is 6.42 Å². The molecule has 0 aliphatic carbocycles. The number of esters is 3. The molecule has 0 saturated carbocycles. The minimum atomic E-state index is -5.79. The van der Waals surface area contributed by atoms with Crippen LogP contribution in [0.5, 0.6) is 0 Å². The fourth-order valence-electron chi connectivity index (χ4n) is 9.52. The maximum atomic E-state index is 14.0. The monoisotopic (exact) mass is 1220 g/mol. The number of benzene rings is 3. The first-order chi connectivity index (χ1) is 39.1. The first-order valence-electron chi connectivity index (χ1n) is 29.3. The van der Waals surface area contributed by atoms with Gasteiger partial charge < -0.3 is 38.1 Å². The van der Waals surface area contributed by atoms with E-state index in [4.69, 9.17) is 27.9 Å². The van der Waals surface area contributed by atoms with Crippen molar-refractivity contribution in [2.75, 3.05) is 13.2 Å². The standard InChI is InChI=1S/C61H89NO17S2.2Na/c1-3-5-7-9-11-13-15-17-19-21-23-25-36-44-52(75-58(64)48-38-30-27-31-39-48)51(62-54(63)45-37-26-24-22-20-18-16-14-12-10-8-6-4-2)46-73-61-57(78-60(66)50-42-34-29-35-43-50)56(77-59(65)49-40-32-28-33-41-49)55(79-81(70,71)72)53(76-61)47-74-80(67,68)69;;/h27-36,38-44,51-53,55-57,61H,3-26,37,45-47H2,1-2H3,(H,62,63)(H,67,68,69)(H,70,71,72);;/q;2*+1/p-2/b44-36+;;/t51-,52+,53+,55+,56-,57+,61+;;/m0../s1. The van der Waals surface area contributed by atoms with Crippen LogP contribution in [0.4, 0.5) is 0 Å². The summed E-state index contributed by atoms with van der Waals surface area (Å²) in [6.45, 7) is 2.48. The minimum Gasteiger partial charge on any atom is -0.726 e. The molecule has 1 aliphatic rings. The Morgan fingerprint density at radius 1 is 0.542 bits per heavy atom. The molecule has 22 heteroatoms. The van der Waals surface area contributed by atoms with Crippen LogP contribution in [-0.2, 0) is 57.6 Å². The van der Waals surface area contributed by atoms with Crippen molar-refractivity contribution in [2.45, 2.75) is 224 Å². The molecule has 0 bridgehead atoms. The van der Waals surface area contributed by atoms with Crippen molar-refractivity contribution in [3.63, 3.8) is 0 Å². The molecule has 452 valence electrons. The fraction of sp³-hybridized carbons (Fsp3) is 0.607. The van der Waals surface area contributed by atoms with Crippen LogP contribution in [0.1, 0.15) is 212 Å². The number of nitrogens with one attached hydrogen (secondary N) is 1. The Bertz CT molecular complexity index is 2500. The topological polar surface area (TPSA) is 259 Å². The molecule has 3 aromatic rings. The summed E-state index contributed by atoms with van der Waals surface area (Å²) in [6, 6.07) is 21.7. The Balaban J connectivity index is 0.0000118. The van der Waals surface area contributed by atoms with Crippen molar-refractivity contribution in [2.24, 2.45) is 0 Å². The molecule has 0 radical (unpaired) electrons. The van der Waals surface area contributed by atoms with Gasteiger partial charge in [-0.3, -0.25) is 13.2 Å². The van der Waals surface area contributed by atoms with Crippen LogP contribution < -0.4 is 64.4 Å². The summed E-state index contributed by atoms with van der Waals surface area (Å²) in [5.74, 6) is -3.38. The number of ether oxygens (including phenoxy) is 5. The van der Waals surface area contributed by atoms with E-state index in [-0.39, 0.29) is 82.2 Å². The molecule has 1 N–H and O–H groups in total. The van der Waals surface area contributed by atoms with E-state index in [0.717, 1.165) is 57.8 Å². The summed E-state index contributed by atoms with van der Waals surface area (Å²) in [5, 5.41) is 2.96. The third-order valence-electron chi connectivity index (χ3n) is 13.9. The largest absolute Gasteiger partial charge is 1.00 e. The van der Waals surface area contributed by atoms with E-state index < -0.39 is 101 Å². The Hall–Kier alpha value is -3.06. The Labute approximate surface area is 538 Å². The van der Waals surface area contributed by atoms with E-state index in [0.29, 0.717) is 12.8 Å². The maximum Gasteiger partial charge on any atom is 1.00 e. The summed E-state index contributed by atoms with van der Waals surface area (Å²) >= 11 is 0. The minimum absolute atomic E-state index is 0. The summed E-state index contributed by atoms with van der Waals surface area (Å²) in [4.78, 5) is 55.7. The first-order valence-corrected chi connectivity index (χ1v) is 32.0. The van der Waals surface area contributed by atoms with Gasteiger partial charge in [-0.1, -0.05) is 216 Å². The quantitative estimate of drug-likeness (QED) is 0.0130. The summed E-state index contributed by atoms with van der Waals surface area (Å²) in [6.07, 6.45) is 19.3. The summed E-state index contributed by atoms with van der Waals surface area (Å²) in [7, 11) is -11.3. The second-order valence-corrected chi connectivity index (χ2v) is 22.7. The maximum absolute atomic E-state index is 14.0. The van der Waals surface area contributed by atoms with Crippen LogP contribution in [0.2, 0.25) is 0 Å². The number of hydrogen-bond acceptors (Lipinski definition) is 17. The average molecular weight is 1220 g/mol. The number of hydrogen-bond donors (Lipinski definition) is 1. The van der Waals surface area contributed by atoms with Crippen molar-refractivity contribution in [3.8, 4) is 0 Å². The van der Waals surface area contributed by atoms with Crippen LogP contribution in [-0.4, -0.2) is 106 Å². The van der Waals surface area contributed by atoms with E-state index >= 15 is 0 Å². The molecular formula is C61H87NNa2O17S2. The predicted octanol–water partition coefficient (Wildman–Crippen LogP) is 5.96. The zero-order chi connectivity index (χ0) is 58.6. The van der Waals surface area contributed by atoms with Crippen LogP contribution in [0.15, 0.2) is 103 Å². The van der Waals surface area contributed by atoms with Crippen LogP contribution in [0.25, 0.3) is 0 Å². The van der Waals surface area contributed by atoms with Crippen molar-refractivity contribution < 1.29 is 136 Å². The molecule has 0 spiro atoms. The zero-order valence-corrected chi connectivity index (χ0v) is 55.0. The average Bonchev–Trinajstić information content (AvgIpc) is 3.60. The van der Waals surface area contributed by atoms with E-state index in [1.54, 1.807) is 48.5 Å². The third kappa shape index (κ3) is 33.0. The smallest absolute Gasteiger partial charge is 0.726 e. The van der Waals surface area contributed by atoms with Crippen molar-refractivity contribution in [1.29, 1.82) is 0 Å². The zero-order valence-electron chi connectivity index (χ0n) is 49.4. The number of amides is 1. The molecule has 1 fully saturated rings. The van der Waals surface area contributed by atoms with Gasteiger partial charge in [-0.2, -0.15) is 0 Å². The van der Waals surface area contributed by atoms with Crippen LogP contribution in [0.3, 0.4) is 0 Å². The van der Waals surface area contributed by atoms with Crippen LogP contribution >= 0.6 is 0 Å². The van der Waals surface area contributed by atoms with Gasteiger partial charge in [-0.15, -0.1) is 0 Å². The second-order valence-electron chi connectivity index (χ2n) is 20.7. The molecule has 1 heterocycles. The third-order valence-corrected chi connectivity index (χ3v) is 14.8. The number of unbranched alkanes of at least 4 members (excludes halogenated alkanes) is 23. The molecule has 18 nitrogen and oxygen atoms in total. The van der Waals surface area contributed by atoms with Crippen LogP contribution in [0, 0.1) is 0 Å². The van der Waals surface area contributed by atoms with Gasteiger partial charge in [0.1, 0.15) is 18.3 Å². The SMILES string of the molecule is CCCCCCCCCCCCC/C=C/[C@@H](OC(=O)c1ccccc1)[C@H](CO[C@@H]1O[C@H](COS(=O)(=O)[O-])[C@@H](OS(=O)(=O)[O-])[C@H](OC(=O)c2ccccc2)[C@H]1OC(=O)c1ccccc1)NC(=O)CCCCCCCCCCCCCCC.[Na+].[Na+]. The van der Waals surface area contributed by atoms with Crippen molar-refractivity contribution in [3.05, 3.63) is 120 Å². The van der Waals surface area contributed by atoms with Gasteiger partial charge in [0.2, 0.25) is 26.7 Å². The van der Waals surface area contributed by atoms with Gasteiger partial charge in [0.15, 0.2) is 18.5 Å². The molecule has 0 unspecified atom stereocenters. The molecule has 7 atom stereocenters. The first kappa shape index (κ1) is 76.0. The Kier molecular flexibility index (Phi) is 40.7. The van der Waals surface area contributed by atoms with E-state index in [9.17, 15) is 45.1 Å². The molecular weight excluding hydrogens is 1130 g/mol. The molecule has 1 aliphatic heterocycles. The number of carbonyl (C=O) groups is 4. The Morgan fingerprint density at radius 3 is 1.39 bits per heavy atom. The fourth-order valence-corrected chi connectivity index (χ4v) is 10.3. The molecule has 83 heavy (non-hydrogen) atoms. The summed E-state index contributed by atoms with van der Waals surface area (Å²) < 4.78 is 112. The molecule has 3 aromatic carbocycles. The van der Waals surface area contributed by atoms with E-state index in [1.807, 2.05) is 6.08 Å². The molecule has 0 aromatic heterocycles. The Morgan fingerprint density at radius 2 is 0.952 bits per heavy atom. The normalized spacial score (nSPS) is 17.8. The number of carbonyl (C=O) groups excluding carboxylic acids is 4. The van der Waals surface area contributed by atoms with Crippen molar-refractivity contribution in [1.82, 2.24) is 5.32 Å².